The van der Waals surface area contributed by atoms with Gasteiger partial charge in [0.1, 0.15) is 0 Å². The third kappa shape index (κ3) is 6.05. The van der Waals surface area contributed by atoms with Crippen molar-refractivity contribution >= 4 is 11.8 Å². The van der Waals surface area contributed by atoms with Crippen LogP contribution in [0, 0.1) is 46.3 Å². The molecule has 0 bridgehead atoms. The third-order valence-corrected chi connectivity index (χ3v) is 12.1. The van der Waals surface area contributed by atoms with Gasteiger partial charge in [0.25, 0.3) is 0 Å². The van der Waals surface area contributed by atoms with E-state index in [-0.39, 0.29) is 40.8 Å². The number of nitrogens with zero attached hydrogens (tertiary/aromatic N) is 1. The summed E-state index contributed by atoms with van der Waals surface area (Å²) in [7, 11) is 0. The van der Waals surface area contributed by atoms with Crippen LogP contribution in [-0.2, 0) is 9.59 Å². The average Bonchev–Trinajstić information content (AvgIpc) is 3.24. The predicted octanol–water partition coefficient (Wildman–Crippen LogP) is 3.89. The highest BCUT2D eigenvalue weighted by Crippen LogP contribution is 2.68. The Morgan fingerprint density at radius 2 is 1.74 bits per heavy atom. The molecule has 4 fully saturated rings. The van der Waals surface area contributed by atoms with E-state index in [1.165, 1.54) is 6.92 Å². The van der Waals surface area contributed by atoms with Crippen molar-refractivity contribution in [3.63, 3.8) is 0 Å². The number of aliphatic hydroxyl groups excluding tert-OH is 3. The number of aliphatic hydroxyl groups is 3. The first-order valence-corrected chi connectivity index (χ1v) is 15.7. The van der Waals surface area contributed by atoms with E-state index >= 15 is 0 Å². The van der Waals surface area contributed by atoms with E-state index in [9.17, 15) is 30.1 Å². The van der Waals surface area contributed by atoms with Crippen LogP contribution in [0.1, 0.15) is 105 Å². The van der Waals surface area contributed by atoms with E-state index in [2.05, 4.69) is 26.1 Å². The van der Waals surface area contributed by atoms with Gasteiger partial charge in [-0.3, -0.25) is 14.8 Å². The van der Waals surface area contributed by atoms with Gasteiger partial charge in [0.15, 0.2) is 0 Å². The number of hydroxylamine groups is 2. The van der Waals surface area contributed by atoms with Crippen molar-refractivity contribution in [2.24, 2.45) is 46.3 Å². The van der Waals surface area contributed by atoms with Gasteiger partial charge in [-0.25, -0.2) is 5.06 Å². The zero-order valence-corrected chi connectivity index (χ0v) is 24.6. The monoisotopic (exact) mass is 550 g/mol. The molecule has 4 rings (SSSR count). The van der Waals surface area contributed by atoms with Crippen LogP contribution < -0.4 is 5.32 Å². The second-order valence-corrected chi connectivity index (χ2v) is 14.1. The maximum absolute atomic E-state index is 12.5. The molecule has 0 radical (unpaired) electrons. The quantitative estimate of drug-likeness (QED) is 0.159. The Morgan fingerprint density at radius 3 is 2.46 bits per heavy atom. The smallest absolute Gasteiger partial charge is 0.242 e. The Balaban J connectivity index is 1.29. The van der Waals surface area contributed by atoms with Gasteiger partial charge in [0.05, 0.1) is 18.3 Å². The maximum Gasteiger partial charge on any atom is 0.242 e. The molecule has 0 heterocycles. The lowest BCUT2D eigenvalue weighted by Crippen LogP contribution is -2.62. The molecule has 1 unspecified atom stereocenters. The first-order valence-electron chi connectivity index (χ1n) is 15.7. The second kappa shape index (κ2) is 12.3. The van der Waals surface area contributed by atoms with Crippen LogP contribution in [-0.4, -0.2) is 68.8 Å². The van der Waals surface area contributed by atoms with Gasteiger partial charge in [-0.15, -0.1) is 0 Å². The molecular formula is C31H54N2O6. The Hall–Kier alpha value is -1.22. The van der Waals surface area contributed by atoms with Crippen LogP contribution in [0.25, 0.3) is 0 Å². The SMILES string of the molecule is CC(=O)N(O)CCCCCNC(=O)CCC(C)[C@H]1CC[C@H]2[C@@H]3[C@H](O)C[C@@H]4C[C@H](O)CC[C@]4(C)[C@H]3C[C@H](O)[C@]12C. The molecule has 0 aromatic rings. The summed E-state index contributed by atoms with van der Waals surface area (Å²) >= 11 is 0. The Kier molecular flexibility index (Phi) is 9.72. The minimum absolute atomic E-state index is 0.0551. The van der Waals surface area contributed by atoms with Gasteiger partial charge in [0, 0.05) is 26.4 Å². The number of carbonyl (C=O) groups excluding carboxylic acids is 2. The number of unbranched alkanes of at least 4 members (excludes halogenated alkanes) is 2. The lowest BCUT2D eigenvalue weighted by Gasteiger charge is -2.63. The van der Waals surface area contributed by atoms with Gasteiger partial charge in [-0.2, -0.15) is 0 Å². The molecule has 4 aliphatic rings. The van der Waals surface area contributed by atoms with E-state index in [1.807, 2.05) is 0 Å². The molecule has 4 aliphatic carbocycles. The Morgan fingerprint density at radius 1 is 1.00 bits per heavy atom. The molecule has 4 saturated carbocycles. The number of hydrogen-bond donors (Lipinski definition) is 5. The molecular weight excluding hydrogens is 496 g/mol. The highest BCUT2D eigenvalue weighted by Gasteiger charge is 2.65. The second-order valence-electron chi connectivity index (χ2n) is 14.1. The van der Waals surface area contributed by atoms with Crippen LogP contribution in [0.3, 0.4) is 0 Å². The van der Waals surface area contributed by atoms with Crippen molar-refractivity contribution in [3.8, 4) is 0 Å². The third-order valence-electron chi connectivity index (χ3n) is 12.1. The van der Waals surface area contributed by atoms with Crippen LogP contribution in [0.4, 0.5) is 0 Å². The fourth-order valence-electron chi connectivity index (χ4n) is 9.73. The Labute approximate surface area is 234 Å². The summed E-state index contributed by atoms with van der Waals surface area (Å²) in [4.78, 5) is 23.6. The van der Waals surface area contributed by atoms with Gasteiger partial charge in [-0.05, 0) is 117 Å². The van der Waals surface area contributed by atoms with E-state index < -0.39 is 6.10 Å². The molecule has 8 heteroatoms. The summed E-state index contributed by atoms with van der Waals surface area (Å²) < 4.78 is 0. The molecule has 0 aromatic carbocycles. The van der Waals surface area contributed by atoms with Crippen molar-refractivity contribution in [3.05, 3.63) is 0 Å². The molecule has 0 aliphatic heterocycles. The molecule has 11 atom stereocenters. The predicted molar refractivity (Wildman–Crippen MR) is 148 cm³/mol. The normalized spacial score (nSPS) is 42.2. The minimum Gasteiger partial charge on any atom is -0.393 e. The Bertz CT molecular complexity index is 870. The van der Waals surface area contributed by atoms with E-state index in [1.54, 1.807) is 0 Å². The zero-order chi connectivity index (χ0) is 28.5. The summed E-state index contributed by atoms with van der Waals surface area (Å²) in [5.74, 6) is 1.48. The van der Waals surface area contributed by atoms with Crippen LogP contribution >= 0.6 is 0 Å². The average molecular weight is 551 g/mol. The van der Waals surface area contributed by atoms with Crippen molar-refractivity contribution in [1.29, 1.82) is 0 Å². The molecule has 0 spiro atoms. The number of carbonyl (C=O) groups is 2. The zero-order valence-electron chi connectivity index (χ0n) is 24.6. The highest BCUT2D eigenvalue weighted by molar-refractivity contribution is 5.75. The van der Waals surface area contributed by atoms with Gasteiger partial charge in [-0.1, -0.05) is 20.8 Å². The number of amides is 2. The van der Waals surface area contributed by atoms with Gasteiger partial charge >= 0.3 is 0 Å². The van der Waals surface area contributed by atoms with Gasteiger partial charge in [0.2, 0.25) is 11.8 Å². The topological polar surface area (TPSA) is 130 Å². The first-order chi connectivity index (χ1) is 18.4. The summed E-state index contributed by atoms with van der Waals surface area (Å²) in [6.07, 6.45) is 8.74. The molecule has 39 heavy (non-hydrogen) atoms. The van der Waals surface area contributed by atoms with Crippen LogP contribution in [0.15, 0.2) is 0 Å². The lowest BCUT2D eigenvalue weighted by atomic mass is 9.43. The minimum atomic E-state index is -0.403. The molecule has 0 saturated heterocycles. The van der Waals surface area contributed by atoms with Gasteiger partial charge < -0.3 is 20.6 Å². The van der Waals surface area contributed by atoms with E-state index in [4.69, 9.17) is 0 Å². The first kappa shape index (κ1) is 30.7. The highest BCUT2D eigenvalue weighted by atomic mass is 16.5. The van der Waals surface area contributed by atoms with E-state index in [0.29, 0.717) is 55.5 Å². The fraction of sp³-hybridized carbons (Fsp3) is 0.935. The lowest BCUT2D eigenvalue weighted by molar-refractivity contribution is -0.207. The summed E-state index contributed by atoms with van der Waals surface area (Å²) in [6.45, 7) is 9.10. The summed E-state index contributed by atoms with van der Waals surface area (Å²) in [5.41, 5.74) is -0.159. The molecule has 0 aromatic heterocycles. The van der Waals surface area contributed by atoms with E-state index in [0.717, 1.165) is 69.3 Å². The van der Waals surface area contributed by atoms with Crippen molar-refractivity contribution < 1.29 is 30.1 Å². The number of rotatable bonds is 10. The fourth-order valence-corrected chi connectivity index (χ4v) is 9.73. The van der Waals surface area contributed by atoms with Crippen LogP contribution in [0.2, 0.25) is 0 Å². The number of nitrogens with one attached hydrogen (secondary N) is 1. The van der Waals surface area contributed by atoms with Crippen molar-refractivity contribution in [1.82, 2.24) is 10.4 Å². The molecule has 8 nitrogen and oxygen atoms in total. The standard InChI is InChI=1S/C31H54N2O6/c1-19(8-11-28(38)32-14-6-5-7-15-33(39)20(2)34)23-9-10-24-29-25(18-27(37)31(23,24)4)30(3)13-12-22(35)16-21(30)17-26(29)36/h19,21-27,29,35-37,39H,5-18H2,1-4H3,(H,32,38)/t19?,21-,22+,23+,24-,25-,26+,27-,29-,30-,31+/m0/s1. The maximum atomic E-state index is 12.5. The summed E-state index contributed by atoms with van der Waals surface area (Å²) in [5, 5.41) is 46.6. The molecule has 5 N–H and O–H groups in total. The van der Waals surface area contributed by atoms with Crippen LogP contribution in [0.5, 0.6) is 0 Å². The molecule has 224 valence electrons. The van der Waals surface area contributed by atoms with Crippen molar-refractivity contribution in [2.45, 2.75) is 123 Å². The largest absolute Gasteiger partial charge is 0.393 e. The number of hydrogen-bond acceptors (Lipinski definition) is 6. The summed E-state index contributed by atoms with van der Waals surface area (Å²) in [6, 6.07) is 0. The molecule has 2 amide bonds. The van der Waals surface area contributed by atoms with Crippen molar-refractivity contribution in [2.75, 3.05) is 13.1 Å². The number of fused-ring (bicyclic) bond motifs is 5.